The number of unbranched alkanes of at least 4 members (excludes halogenated alkanes) is 1. The van der Waals surface area contributed by atoms with Crippen molar-refractivity contribution in [2.24, 2.45) is 0 Å². The SMILES string of the molecule is C#CCCCOc1ccc(Cl)cc1C=O. The molecule has 0 amide bonds. The van der Waals surface area contributed by atoms with Gasteiger partial charge in [0.25, 0.3) is 0 Å². The van der Waals surface area contributed by atoms with Crippen molar-refractivity contribution in [3.63, 3.8) is 0 Å². The zero-order valence-corrected chi connectivity index (χ0v) is 8.96. The summed E-state index contributed by atoms with van der Waals surface area (Å²) in [6, 6.07) is 4.94. The second-order valence-electron chi connectivity index (χ2n) is 2.96. The van der Waals surface area contributed by atoms with E-state index >= 15 is 0 Å². The van der Waals surface area contributed by atoms with Crippen molar-refractivity contribution in [2.75, 3.05) is 6.61 Å². The average molecular weight is 223 g/mol. The van der Waals surface area contributed by atoms with Crippen LogP contribution in [0, 0.1) is 12.3 Å². The fourth-order valence-corrected chi connectivity index (χ4v) is 1.28. The molecule has 0 aliphatic heterocycles. The van der Waals surface area contributed by atoms with Crippen molar-refractivity contribution in [3.05, 3.63) is 28.8 Å². The first-order valence-electron chi connectivity index (χ1n) is 4.59. The van der Waals surface area contributed by atoms with Gasteiger partial charge in [-0.05, 0) is 24.6 Å². The molecular weight excluding hydrogens is 212 g/mol. The zero-order chi connectivity index (χ0) is 11.1. The number of carbonyl (C=O) groups excluding carboxylic acids is 1. The van der Waals surface area contributed by atoms with Crippen LogP contribution < -0.4 is 4.74 Å². The van der Waals surface area contributed by atoms with Crippen molar-refractivity contribution < 1.29 is 9.53 Å². The van der Waals surface area contributed by atoms with Crippen LogP contribution in [0.1, 0.15) is 23.2 Å². The molecule has 1 aromatic carbocycles. The third-order valence-corrected chi connectivity index (χ3v) is 2.06. The lowest BCUT2D eigenvalue weighted by Gasteiger charge is -2.07. The number of aldehydes is 1. The monoisotopic (exact) mass is 222 g/mol. The summed E-state index contributed by atoms with van der Waals surface area (Å²) < 4.78 is 5.40. The summed E-state index contributed by atoms with van der Waals surface area (Å²) in [6.45, 7) is 0.507. The van der Waals surface area contributed by atoms with Gasteiger partial charge in [-0.25, -0.2) is 0 Å². The Morgan fingerprint density at radius 3 is 3.00 bits per heavy atom. The number of rotatable bonds is 5. The van der Waals surface area contributed by atoms with Gasteiger partial charge in [-0.2, -0.15) is 0 Å². The molecule has 0 bridgehead atoms. The first-order chi connectivity index (χ1) is 7.27. The molecule has 1 rings (SSSR count). The van der Waals surface area contributed by atoms with E-state index in [0.29, 0.717) is 29.4 Å². The Balaban J connectivity index is 2.60. The van der Waals surface area contributed by atoms with Crippen molar-refractivity contribution in [2.45, 2.75) is 12.8 Å². The van der Waals surface area contributed by atoms with E-state index in [2.05, 4.69) is 5.92 Å². The fourth-order valence-electron chi connectivity index (χ4n) is 1.10. The lowest BCUT2D eigenvalue weighted by atomic mass is 10.2. The quantitative estimate of drug-likeness (QED) is 0.435. The fraction of sp³-hybridized carbons (Fsp3) is 0.250. The van der Waals surface area contributed by atoms with Gasteiger partial charge in [0.15, 0.2) is 6.29 Å². The van der Waals surface area contributed by atoms with Crippen LogP contribution >= 0.6 is 11.6 Å². The average Bonchev–Trinajstić information content (AvgIpc) is 2.26. The molecule has 0 N–H and O–H groups in total. The molecule has 3 heteroatoms. The Labute approximate surface area is 94.2 Å². The molecule has 78 valence electrons. The van der Waals surface area contributed by atoms with Gasteiger partial charge in [0.1, 0.15) is 5.75 Å². The topological polar surface area (TPSA) is 26.3 Å². The maximum absolute atomic E-state index is 10.7. The number of hydrogen-bond acceptors (Lipinski definition) is 2. The van der Waals surface area contributed by atoms with Crippen LogP contribution in [0.5, 0.6) is 5.75 Å². The summed E-state index contributed by atoms with van der Waals surface area (Å²) in [5.41, 5.74) is 0.461. The summed E-state index contributed by atoms with van der Waals surface area (Å²) in [4.78, 5) is 10.7. The van der Waals surface area contributed by atoms with E-state index in [9.17, 15) is 4.79 Å². The number of halogens is 1. The van der Waals surface area contributed by atoms with Crippen LogP contribution in [0.25, 0.3) is 0 Å². The van der Waals surface area contributed by atoms with Gasteiger partial charge in [0.05, 0.1) is 12.2 Å². The van der Waals surface area contributed by atoms with Crippen LogP contribution in [0.2, 0.25) is 5.02 Å². The molecule has 1 aromatic rings. The molecule has 0 heterocycles. The Kier molecular flexibility index (Phi) is 4.73. The van der Waals surface area contributed by atoms with Gasteiger partial charge in [-0.15, -0.1) is 12.3 Å². The molecule has 0 fully saturated rings. The van der Waals surface area contributed by atoms with E-state index in [0.717, 1.165) is 12.7 Å². The van der Waals surface area contributed by atoms with Gasteiger partial charge < -0.3 is 4.74 Å². The van der Waals surface area contributed by atoms with Gasteiger partial charge >= 0.3 is 0 Å². The van der Waals surface area contributed by atoms with E-state index in [1.165, 1.54) is 0 Å². The maximum atomic E-state index is 10.7. The predicted molar refractivity (Wildman–Crippen MR) is 60.4 cm³/mol. The lowest BCUT2D eigenvalue weighted by Crippen LogP contribution is -1.99. The number of ether oxygens (including phenoxy) is 1. The van der Waals surface area contributed by atoms with Gasteiger partial charge in [0, 0.05) is 11.4 Å². The van der Waals surface area contributed by atoms with Crippen LogP contribution in [0.15, 0.2) is 18.2 Å². The molecule has 0 aliphatic rings. The van der Waals surface area contributed by atoms with Crippen LogP contribution in [0.3, 0.4) is 0 Å². The molecule has 0 saturated carbocycles. The number of carbonyl (C=O) groups is 1. The van der Waals surface area contributed by atoms with Crippen molar-refractivity contribution in [3.8, 4) is 18.1 Å². The lowest BCUT2D eigenvalue weighted by molar-refractivity contribution is 0.111. The summed E-state index contributed by atoms with van der Waals surface area (Å²) >= 11 is 5.74. The van der Waals surface area contributed by atoms with Gasteiger partial charge in [0.2, 0.25) is 0 Å². The highest BCUT2D eigenvalue weighted by Crippen LogP contribution is 2.21. The van der Waals surface area contributed by atoms with Crippen LogP contribution in [-0.2, 0) is 0 Å². The highest BCUT2D eigenvalue weighted by molar-refractivity contribution is 6.30. The minimum atomic E-state index is 0.461. The molecule has 0 atom stereocenters. The van der Waals surface area contributed by atoms with Crippen LogP contribution in [0.4, 0.5) is 0 Å². The molecule has 0 aromatic heterocycles. The van der Waals surface area contributed by atoms with Crippen molar-refractivity contribution in [1.29, 1.82) is 0 Å². The Morgan fingerprint density at radius 1 is 1.53 bits per heavy atom. The molecule has 0 aliphatic carbocycles. The van der Waals surface area contributed by atoms with Gasteiger partial charge in [-0.3, -0.25) is 4.79 Å². The molecule has 2 nitrogen and oxygen atoms in total. The Bertz CT molecular complexity index is 380. The minimum Gasteiger partial charge on any atom is -0.493 e. The van der Waals surface area contributed by atoms with Crippen LogP contribution in [-0.4, -0.2) is 12.9 Å². The van der Waals surface area contributed by atoms with Crippen molar-refractivity contribution >= 4 is 17.9 Å². The van der Waals surface area contributed by atoms with Gasteiger partial charge in [-0.1, -0.05) is 11.6 Å². The first-order valence-corrected chi connectivity index (χ1v) is 4.96. The predicted octanol–water partition coefficient (Wildman–Crippen LogP) is 2.94. The Morgan fingerprint density at radius 2 is 2.33 bits per heavy atom. The third-order valence-electron chi connectivity index (χ3n) is 1.82. The largest absolute Gasteiger partial charge is 0.493 e. The highest BCUT2D eigenvalue weighted by Gasteiger charge is 2.03. The third kappa shape index (κ3) is 3.65. The highest BCUT2D eigenvalue weighted by atomic mass is 35.5. The number of benzene rings is 1. The van der Waals surface area contributed by atoms with E-state index in [4.69, 9.17) is 22.8 Å². The Hall–Kier alpha value is -1.46. The second-order valence-corrected chi connectivity index (χ2v) is 3.39. The summed E-state index contributed by atoms with van der Waals surface area (Å²) in [6.07, 6.45) is 7.28. The standard InChI is InChI=1S/C12H11ClO2/c1-2-3-4-7-15-12-6-5-11(13)8-10(12)9-14/h1,5-6,8-9H,3-4,7H2. The second kappa shape index (κ2) is 6.10. The molecule has 0 saturated heterocycles. The smallest absolute Gasteiger partial charge is 0.153 e. The van der Waals surface area contributed by atoms with E-state index in [1.54, 1.807) is 18.2 Å². The summed E-state index contributed by atoms with van der Waals surface area (Å²) in [7, 11) is 0. The first kappa shape index (κ1) is 11.6. The molecule has 0 unspecified atom stereocenters. The molecule has 15 heavy (non-hydrogen) atoms. The molecular formula is C12H11ClO2. The van der Waals surface area contributed by atoms with E-state index in [-0.39, 0.29) is 0 Å². The molecule has 0 spiro atoms. The van der Waals surface area contributed by atoms with Crippen molar-refractivity contribution in [1.82, 2.24) is 0 Å². The minimum absolute atomic E-state index is 0.461. The maximum Gasteiger partial charge on any atom is 0.153 e. The number of terminal acetylenes is 1. The zero-order valence-electron chi connectivity index (χ0n) is 8.20. The molecule has 0 radical (unpaired) electrons. The van der Waals surface area contributed by atoms with E-state index in [1.807, 2.05) is 0 Å². The normalized spacial score (nSPS) is 9.33. The summed E-state index contributed by atoms with van der Waals surface area (Å²) in [5, 5.41) is 0.521. The summed E-state index contributed by atoms with van der Waals surface area (Å²) in [5.74, 6) is 3.07. The number of hydrogen-bond donors (Lipinski definition) is 0. The van der Waals surface area contributed by atoms with E-state index < -0.39 is 0 Å².